The van der Waals surface area contributed by atoms with Crippen LogP contribution in [0.1, 0.15) is 13.8 Å². The Balaban J connectivity index is 1.33. The molecule has 6 aliphatic rings. The van der Waals surface area contributed by atoms with Crippen molar-refractivity contribution in [2.75, 3.05) is 46.2 Å². The second-order valence-electron chi connectivity index (χ2n) is 21.4. The maximum atomic E-state index is 12.7. The molecule has 95 heavy (non-hydrogen) atoms. The molecule has 54 heteroatoms. The first-order valence-corrected chi connectivity index (χ1v) is 34.9. The van der Waals surface area contributed by atoms with E-state index in [0.717, 1.165) is 13.8 Å². The summed E-state index contributed by atoms with van der Waals surface area (Å²) < 4.78 is 285. The molecular weight excluding hydrogens is 1450 g/mol. The van der Waals surface area contributed by atoms with Crippen molar-refractivity contribution in [3.63, 3.8) is 0 Å². The molecule has 554 valence electrons. The van der Waals surface area contributed by atoms with Gasteiger partial charge in [0.2, 0.25) is 12.0 Å². The average Bonchev–Trinajstić information content (AvgIpc) is 0.795. The van der Waals surface area contributed by atoms with Gasteiger partial charge < -0.3 is 108 Å². The van der Waals surface area contributed by atoms with E-state index in [1.807, 2.05) is 0 Å². The molecule has 0 radical (unpaired) electrons. The van der Waals surface area contributed by atoms with Crippen LogP contribution in [0.25, 0.3) is 0 Å². The Labute approximate surface area is 536 Å². The Morgan fingerprint density at radius 3 is 1.20 bits per heavy atom. The van der Waals surface area contributed by atoms with Crippen molar-refractivity contribution in [3.05, 3.63) is 11.8 Å². The number of rotatable bonds is 31. The fraction of sp³-hybridized carbons (Fsp3) is 0.902. The average molecular weight is 1520 g/mol. The lowest BCUT2D eigenvalue weighted by atomic mass is 9.82. The van der Waals surface area contributed by atoms with Gasteiger partial charge in [0, 0.05) is 29.6 Å². The van der Waals surface area contributed by atoms with Gasteiger partial charge in [-0.05, 0) is 19.9 Å². The Kier molecular flexibility index (Phi) is 27.5. The van der Waals surface area contributed by atoms with Crippen molar-refractivity contribution in [1.82, 2.24) is 0 Å². The molecule has 17 N–H and O–H groups in total. The first-order chi connectivity index (χ1) is 43.5. The molecule has 0 aromatic carbocycles. The summed E-state index contributed by atoms with van der Waals surface area (Å²) in [7, 11) is -33.2. The molecule has 18 unspecified atom stereocenters. The summed E-state index contributed by atoms with van der Waals surface area (Å²) in [6, 6.07) is 0. The number of aliphatic carboxylic acids is 2. The molecule has 0 saturated carbocycles. The molecule has 48 nitrogen and oxygen atoms in total. The molecule has 0 spiro atoms. The van der Waals surface area contributed by atoms with Crippen molar-refractivity contribution in [2.24, 2.45) is 29.6 Å². The minimum atomic E-state index is -5.72. The van der Waals surface area contributed by atoms with Crippen LogP contribution in [0.5, 0.6) is 0 Å². The zero-order chi connectivity index (χ0) is 71.6. The molecule has 0 bridgehead atoms. The number of ether oxygens (including phenoxy) is 11. The third-order valence-electron chi connectivity index (χ3n) is 14.9. The van der Waals surface area contributed by atoms with Crippen LogP contribution in [-0.2, 0) is 149 Å². The summed E-state index contributed by atoms with van der Waals surface area (Å²) in [4.78, 5) is 24.6. The van der Waals surface area contributed by atoms with Crippen LogP contribution >= 0.6 is 0 Å². The van der Waals surface area contributed by atoms with E-state index in [-0.39, 0.29) is 0 Å². The van der Waals surface area contributed by atoms with E-state index in [2.05, 4.69) is 25.1 Å². The lowest BCUT2D eigenvalue weighted by molar-refractivity contribution is -0.331. The van der Waals surface area contributed by atoms with Gasteiger partial charge in [0.1, 0.15) is 54.9 Å². The van der Waals surface area contributed by atoms with Gasteiger partial charge in [-0.1, -0.05) is 0 Å². The van der Waals surface area contributed by atoms with Crippen molar-refractivity contribution in [3.8, 4) is 0 Å². The number of carbonyl (C=O) groups is 2. The van der Waals surface area contributed by atoms with Crippen LogP contribution in [-0.4, -0.2) is 334 Å². The Morgan fingerprint density at radius 1 is 0.389 bits per heavy atom. The number of carboxylic acids is 2. The minimum absolute atomic E-state index is 0.532. The number of hydrogen-bond donors (Lipinski definition) is 17. The number of hydrogen-bond acceptors (Lipinski definition) is 40. The third kappa shape index (κ3) is 22.7. The molecular formula is C41H66O48S6. The van der Waals surface area contributed by atoms with Gasteiger partial charge in [0.25, 0.3) is 0 Å². The zero-order valence-corrected chi connectivity index (χ0v) is 52.8. The van der Waals surface area contributed by atoms with Crippen LogP contribution in [0.4, 0.5) is 0 Å². The molecule has 6 rings (SSSR count). The standard InChI is InChI=1S/C41H66O48S6/c1-11-29(86-92(61,62)63)27(48)32(88-94(67,68)69)40(80-11)76-4-13-15(36(54)82-20(22(13)43)9-78-90(55,56)57)6-74-38-25(46)17(24(45)31(85-38)35(52)53)8-73-37-16(7-75-39-26(47)18(42)3-19(83-39)34(50)51)14(23(44)21(84-37)10-79-91(58,59)60)5-77-41-33(89-95(70,71)72)28(49)30(12(2)81-41)87-93(64,65)66/h3,11-18,20-33,36-49,54H,4-10H2,1-2H3,(H,50,51)(H,52,53)(H,55,56,57)(H,58,59,60)(H,61,62,63)(H,64,65,66)(H,67,68,69)(H,70,71,72)/t11?,12?,13?,14?,15?,16?,17?,18?,20?,21?,22-,23-,24-,25?,26?,27?,28?,29+,30+,31?,32?,33?,36?,37-,38-,39-,40-,41-/m1/s1. The number of carboxylic acid groups (broad SMARTS) is 2. The van der Waals surface area contributed by atoms with Crippen LogP contribution in [0.15, 0.2) is 11.8 Å². The summed E-state index contributed by atoms with van der Waals surface area (Å²) in [5, 5.41) is 121. The highest BCUT2D eigenvalue weighted by atomic mass is 32.3. The van der Waals surface area contributed by atoms with E-state index in [1.54, 1.807) is 0 Å². The summed E-state index contributed by atoms with van der Waals surface area (Å²) in [6.07, 6.45) is -51.9. The molecule has 0 amide bonds. The second kappa shape index (κ2) is 32.3. The maximum absolute atomic E-state index is 12.7. The molecule has 6 aliphatic heterocycles. The molecule has 5 fully saturated rings. The summed E-state index contributed by atoms with van der Waals surface area (Å²) in [5.74, 6) is -14.6. The van der Waals surface area contributed by atoms with Gasteiger partial charge in [-0.15, -0.1) is 0 Å². The monoisotopic (exact) mass is 1520 g/mol. The molecule has 5 saturated heterocycles. The van der Waals surface area contributed by atoms with E-state index in [9.17, 15) is 144 Å². The van der Waals surface area contributed by atoms with Gasteiger partial charge >= 0.3 is 74.3 Å². The normalized spacial score (nSPS) is 40.4. The van der Waals surface area contributed by atoms with E-state index in [1.165, 1.54) is 0 Å². The van der Waals surface area contributed by atoms with Crippen molar-refractivity contribution < 1.29 is 221 Å². The fourth-order valence-electron chi connectivity index (χ4n) is 10.5. The van der Waals surface area contributed by atoms with Crippen LogP contribution < -0.4 is 0 Å². The van der Waals surface area contributed by atoms with Gasteiger partial charge in [-0.2, -0.15) is 50.5 Å². The third-order valence-corrected chi connectivity index (χ3v) is 17.7. The largest absolute Gasteiger partial charge is 0.479 e. The van der Waals surface area contributed by atoms with E-state index in [0.29, 0.717) is 6.08 Å². The highest BCUT2D eigenvalue weighted by Gasteiger charge is 2.56. The van der Waals surface area contributed by atoms with Gasteiger partial charge in [0.15, 0.2) is 49.8 Å². The molecule has 0 aliphatic carbocycles. The highest BCUT2D eigenvalue weighted by molar-refractivity contribution is 7.82. The smallest absolute Gasteiger partial charge is 0.397 e. The second-order valence-corrected chi connectivity index (χ2v) is 27.8. The predicted molar refractivity (Wildman–Crippen MR) is 281 cm³/mol. The van der Waals surface area contributed by atoms with Crippen molar-refractivity contribution >= 4 is 74.3 Å². The molecule has 0 aromatic rings. The summed E-state index contributed by atoms with van der Waals surface area (Å²) in [6.45, 7) is -6.80. The Hall–Kier alpha value is -3.06. The Morgan fingerprint density at radius 2 is 0.768 bits per heavy atom. The van der Waals surface area contributed by atoms with Crippen molar-refractivity contribution in [1.29, 1.82) is 0 Å². The fourth-order valence-corrected chi connectivity index (χ4v) is 13.2. The topological polar surface area (TPSA) is 740 Å². The van der Waals surface area contributed by atoms with Crippen molar-refractivity contribution in [2.45, 2.75) is 155 Å². The quantitative estimate of drug-likeness (QED) is 0.0287. The Bertz CT molecular complexity index is 3340. The SMILES string of the molecule is CC1O[C@@H](OCC2C(CO[C@@H]3OC(C(=O)O)[C@H](O)C(CO[C@@H]4OC(COS(=O)(=O)O)[C@H](O)C(CO[C@@H]5OC(C)[C@H](OS(=O)(=O)O)C(O)C5OS(=O)(=O)O)C4CO[C@@H]4OC(C(=O)O)=CC(O)C4O)C3O)C(O)OC(COS(=O)(=O)O)[C@@H]2O)C(OS(=O)(=O)O)C(O)[C@H]1OS(=O)(=O)O. The van der Waals surface area contributed by atoms with Crippen LogP contribution in [0.2, 0.25) is 0 Å². The van der Waals surface area contributed by atoms with E-state index >= 15 is 0 Å². The number of aliphatic hydroxyl groups excluding tert-OH is 9. The molecule has 28 atom stereocenters. The number of aliphatic hydroxyl groups is 9. The van der Waals surface area contributed by atoms with Gasteiger partial charge in [-0.3, -0.25) is 27.3 Å². The lowest BCUT2D eigenvalue weighted by Gasteiger charge is -2.47. The predicted octanol–water partition coefficient (Wildman–Crippen LogP) is -10.5. The van der Waals surface area contributed by atoms with E-state index < -0.39 is 297 Å². The highest BCUT2D eigenvalue weighted by Crippen LogP contribution is 2.40. The summed E-state index contributed by atoms with van der Waals surface area (Å²) >= 11 is 0. The lowest BCUT2D eigenvalue weighted by Crippen LogP contribution is -2.62. The minimum Gasteiger partial charge on any atom is -0.479 e. The summed E-state index contributed by atoms with van der Waals surface area (Å²) in [5.41, 5.74) is 0. The maximum Gasteiger partial charge on any atom is 0.397 e. The van der Waals surface area contributed by atoms with Gasteiger partial charge in [0.05, 0.1) is 76.8 Å². The van der Waals surface area contributed by atoms with Crippen LogP contribution in [0.3, 0.4) is 0 Å². The first kappa shape index (κ1) is 80.9. The first-order valence-electron chi connectivity index (χ1n) is 26.7. The zero-order valence-electron chi connectivity index (χ0n) is 47.9. The molecule has 6 heterocycles. The van der Waals surface area contributed by atoms with Gasteiger partial charge in [-0.25, -0.2) is 34.7 Å². The molecule has 0 aromatic heterocycles. The van der Waals surface area contributed by atoms with Crippen LogP contribution in [0, 0.1) is 29.6 Å². The van der Waals surface area contributed by atoms with E-state index in [4.69, 9.17) is 52.1 Å².